The summed E-state index contributed by atoms with van der Waals surface area (Å²) in [6, 6.07) is -0.191. The third-order valence-electron chi connectivity index (χ3n) is 2.64. The quantitative estimate of drug-likeness (QED) is 0.456. The van der Waals surface area contributed by atoms with Crippen LogP contribution in [0.2, 0.25) is 0 Å². The molecule has 16 heavy (non-hydrogen) atoms. The largest absolute Gasteiger partial charge is 0.391 e. The van der Waals surface area contributed by atoms with Crippen molar-refractivity contribution < 1.29 is 5.11 Å². The summed E-state index contributed by atoms with van der Waals surface area (Å²) < 4.78 is 0. The Morgan fingerprint density at radius 1 is 1.69 bits per heavy atom. The number of nitrogens with one attached hydrogen (secondary N) is 3. The highest BCUT2D eigenvalue weighted by Crippen LogP contribution is 2.21. The third-order valence-corrected chi connectivity index (χ3v) is 2.64. The van der Waals surface area contributed by atoms with Crippen LogP contribution in [0.5, 0.6) is 0 Å². The molecule has 0 radical (unpaired) electrons. The molecule has 0 amide bonds. The predicted molar refractivity (Wildman–Crippen MR) is 61.5 cm³/mol. The number of H-pyrrole nitrogens is 1. The molecule has 1 aromatic rings. The first-order valence-corrected chi connectivity index (χ1v) is 5.20. The summed E-state index contributed by atoms with van der Waals surface area (Å²) in [5.41, 5.74) is 5.42. The minimum atomic E-state index is -0.502. The van der Waals surface area contributed by atoms with Crippen LogP contribution < -0.4 is 21.9 Å². The highest BCUT2D eigenvalue weighted by atomic mass is 16.3. The van der Waals surface area contributed by atoms with Gasteiger partial charge in [0.05, 0.1) is 12.1 Å². The molecule has 7 heteroatoms. The topological polar surface area (TPSA) is 116 Å². The molecule has 1 aromatic heterocycles. The Bertz CT molecular complexity index is 444. The average molecular weight is 225 g/mol. The van der Waals surface area contributed by atoms with Crippen LogP contribution in [0.4, 0.5) is 17.5 Å². The zero-order valence-corrected chi connectivity index (χ0v) is 8.95. The first kappa shape index (κ1) is 10.7. The number of nitrogens with two attached hydrogens (primary N) is 1. The van der Waals surface area contributed by atoms with Crippen molar-refractivity contribution in [2.75, 3.05) is 22.9 Å². The van der Waals surface area contributed by atoms with E-state index in [1.54, 1.807) is 0 Å². The van der Waals surface area contributed by atoms with Crippen LogP contribution in [-0.4, -0.2) is 33.8 Å². The number of anilines is 3. The van der Waals surface area contributed by atoms with Crippen molar-refractivity contribution >= 4 is 17.5 Å². The second-order valence-electron chi connectivity index (χ2n) is 3.78. The fourth-order valence-corrected chi connectivity index (χ4v) is 1.71. The van der Waals surface area contributed by atoms with Crippen molar-refractivity contribution in [3.05, 3.63) is 10.4 Å². The van der Waals surface area contributed by atoms with E-state index >= 15 is 0 Å². The highest BCUT2D eigenvalue weighted by Gasteiger charge is 2.25. The van der Waals surface area contributed by atoms with Gasteiger partial charge in [0.25, 0.3) is 5.56 Å². The van der Waals surface area contributed by atoms with Crippen LogP contribution in [0.1, 0.15) is 13.3 Å². The van der Waals surface area contributed by atoms with Crippen molar-refractivity contribution in [1.29, 1.82) is 0 Å². The molecule has 1 aliphatic rings. The van der Waals surface area contributed by atoms with Crippen molar-refractivity contribution in [2.24, 2.45) is 0 Å². The van der Waals surface area contributed by atoms with Crippen LogP contribution in [0.25, 0.3) is 0 Å². The van der Waals surface area contributed by atoms with Gasteiger partial charge in [-0.3, -0.25) is 9.78 Å². The molecule has 0 saturated carbocycles. The SMILES string of the molecule is CC[C@@H](O)[C@H]1CNc2nc(N)[nH]c(=O)c2N1. The van der Waals surface area contributed by atoms with Gasteiger partial charge in [0.15, 0.2) is 5.82 Å². The molecule has 2 atom stereocenters. The van der Waals surface area contributed by atoms with E-state index in [2.05, 4.69) is 20.6 Å². The van der Waals surface area contributed by atoms with E-state index in [0.29, 0.717) is 24.5 Å². The Hall–Kier alpha value is -1.76. The van der Waals surface area contributed by atoms with E-state index in [-0.39, 0.29) is 17.5 Å². The van der Waals surface area contributed by atoms with Gasteiger partial charge in [-0.1, -0.05) is 6.92 Å². The van der Waals surface area contributed by atoms with E-state index in [1.165, 1.54) is 0 Å². The minimum absolute atomic E-state index is 0.0764. The Kier molecular flexibility index (Phi) is 2.69. The number of fused-ring (bicyclic) bond motifs is 1. The molecule has 0 unspecified atom stereocenters. The number of hydrogen-bond donors (Lipinski definition) is 5. The molecule has 2 rings (SSSR count). The molecule has 0 spiro atoms. The lowest BCUT2D eigenvalue weighted by Gasteiger charge is -2.29. The zero-order valence-electron chi connectivity index (χ0n) is 8.95. The molecular formula is C9H15N5O2. The number of aliphatic hydroxyl groups excluding tert-OH is 1. The van der Waals surface area contributed by atoms with Gasteiger partial charge in [0.1, 0.15) is 5.69 Å². The molecule has 1 aliphatic heterocycles. The summed E-state index contributed by atoms with van der Waals surface area (Å²) in [6.45, 7) is 2.39. The summed E-state index contributed by atoms with van der Waals surface area (Å²) in [5.74, 6) is 0.508. The Morgan fingerprint density at radius 3 is 3.12 bits per heavy atom. The Labute approximate surface area is 92.1 Å². The van der Waals surface area contributed by atoms with Crippen LogP contribution in [0.3, 0.4) is 0 Å². The van der Waals surface area contributed by atoms with Crippen molar-refractivity contribution in [3.8, 4) is 0 Å². The second kappa shape index (κ2) is 4.01. The molecular weight excluding hydrogens is 210 g/mol. The van der Waals surface area contributed by atoms with Crippen LogP contribution in [-0.2, 0) is 0 Å². The molecule has 2 heterocycles. The molecule has 0 aromatic carbocycles. The molecule has 6 N–H and O–H groups in total. The first-order valence-electron chi connectivity index (χ1n) is 5.20. The summed E-state index contributed by atoms with van der Waals surface area (Å²) in [4.78, 5) is 17.9. The predicted octanol–water partition coefficient (Wildman–Crippen LogP) is -0.671. The lowest BCUT2D eigenvalue weighted by Crippen LogP contribution is -2.44. The fraction of sp³-hybridized carbons (Fsp3) is 0.556. The number of nitrogen functional groups attached to an aromatic ring is 1. The number of aromatic amines is 1. The summed E-state index contributed by atoms with van der Waals surface area (Å²) in [7, 11) is 0. The van der Waals surface area contributed by atoms with E-state index < -0.39 is 6.10 Å². The highest BCUT2D eigenvalue weighted by molar-refractivity contribution is 5.67. The van der Waals surface area contributed by atoms with Crippen molar-refractivity contribution in [1.82, 2.24) is 9.97 Å². The standard InChI is InChI=1S/C9H15N5O2/c1-2-5(15)4-3-11-7-6(12-4)8(16)14-9(10)13-7/h4-5,12,15H,2-3H2,1H3,(H4,10,11,13,14,16)/t4-,5-/m1/s1. The van der Waals surface area contributed by atoms with Crippen LogP contribution >= 0.6 is 0 Å². The molecule has 0 bridgehead atoms. The number of aromatic nitrogens is 2. The van der Waals surface area contributed by atoms with Gasteiger partial charge in [-0.25, -0.2) is 0 Å². The van der Waals surface area contributed by atoms with Crippen LogP contribution in [0.15, 0.2) is 4.79 Å². The summed E-state index contributed by atoms with van der Waals surface area (Å²) in [6.07, 6.45) is 0.118. The zero-order chi connectivity index (χ0) is 11.7. The maximum atomic E-state index is 11.6. The van der Waals surface area contributed by atoms with Gasteiger partial charge in [0.2, 0.25) is 5.95 Å². The number of nitrogens with zero attached hydrogens (tertiary/aromatic N) is 1. The van der Waals surface area contributed by atoms with E-state index in [1.807, 2.05) is 6.92 Å². The van der Waals surface area contributed by atoms with Crippen molar-refractivity contribution in [3.63, 3.8) is 0 Å². The average Bonchev–Trinajstić information content (AvgIpc) is 2.27. The smallest absolute Gasteiger partial charge is 0.277 e. The fourth-order valence-electron chi connectivity index (χ4n) is 1.71. The lowest BCUT2D eigenvalue weighted by atomic mass is 10.1. The van der Waals surface area contributed by atoms with E-state index in [9.17, 15) is 9.90 Å². The van der Waals surface area contributed by atoms with Gasteiger partial charge in [0, 0.05) is 6.54 Å². The van der Waals surface area contributed by atoms with E-state index in [4.69, 9.17) is 5.73 Å². The number of hydrogen-bond acceptors (Lipinski definition) is 6. The molecule has 0 saturated heterocycles. The summed E-state index contributed by atoms with van der Waals surface area (Å²) >= 11 is 0. The second-order valence-corrected chi connectivity index (χ2v) is 3.78. The molecule has 7 nitrogen and oxygen atoms in total. The number of rotatable bonds is 2. The van der Waals surface area contributed by atoms with Gasteiger partial charge in [-0.15, -0.1) is 0 Å². The van der Waals surface area contributed by atoms with Gasteiger partial charge in [-0.05, 0) is 6.42 Å². The molecule has 0 fully saturated rings. The Balaban J connectivity index is 2.30. The maximum absolute atomic E-state index is 11.6. The first-order chi connectivity index (χ1) is 7.61. The molecule has 88 valence electrons. The van der Waals surface area contributed by atoms with Crippen molar-refractivity contribution in [2.45, 2.75) is 25.5 Å². The van der Waals surface area contributed by atoms with Crippen LogP contribution in [0, 0.1) is 0 Å². The monoisotopic (exact) mass is 225 g/mol. The molecule has 0 aliphatic carbocycles. The van der Waals surface area contributed by atoms with Gasteiger partial charge < -0.3 is 21.5 Å². The van der Waals surface area contributed by atoms with Gasteiger partial charge in [-0.2, -0.15) is 4.98 Å². The van der Waals surface area contributed by atoms with Gasteiger partial charge >= 0.3 is 0 Å². The maximum Gasteiger partial charge on any atom is 0.277 e. The number of aliphatic hydroxyl groups is 1. The third kappa shape index (κ3) is 1.81. The van der Waals surface area contributed by atoms with E-state index in [0.717, 1.165) is 0 Å². The Morgan fingerprint density at radius 2 is 2.44 bits per heavy atom. The minimum Gasteiger partial charge on any atom is -0.391 e. The lowest BCUT2D eigenvalue weighted by molar-refractivity contribution is 0.151. The normalized spacial score (nSPS) is 20.5. The summed E-state index contributed by atoms with van der Waals surface area (Å²) in [5, 5.41) is 15.6.